The molecule has 2 aromatic heterocycles. The first-order chi connectivity index (χ1) is 24.9. The monoisotopic (exact) mass is 751 g/mol. The summed E-state index contributed by atoms with van der Waals surface area (Å²) in [7, 11) is -0.530. The van der Waals surface area contributed by atoms with E-state index in [1.54, 1.807) is 19.1 Å². The van der Waals surface area contributed by atoms with Gasteiger partial charge in [0, 0.05) is 42.7 Å². The van der Waals surface area contributed by atoms with Gasteiger partial charge in [-0.05, 0) is 82.0 Å². The number of urea groups is 1. The molecule has 4 atom stereocenters. The van der Waals surface area contributed by atoms with Crippen LogP contribution in [0.1, 0.15) is 58.8 Å². The van der Waals surface area contributed by atoms with E-state index in [1.165, 1.54) is 16.2 Å². The molecule has 14 nitrogen and oxygen atoms in total. The van der Waals surface area contributed by atoms with Gasteiger partial charge in [0.25, 0.3) is 5.91 Å². The van der Waals surface area contributed by atoms with Gasteiger partial charge in [-0.25, -0.2) is 23.2 Å². The van der Waals surface area contributed by atoms with Crippen LogP contribution in [0.3, 0.4) is 0 Å². The van der Waals surface area contributed by atoms with Gasteiger partial charge in [-0.3, -0.25) is 14.3 Å². The van der Waals surface area contributed by atoms with E-state index in [0.29, 0.717) is 42.4 Å². The smallest absolute Gasteiger partial charge is 0.320 e. The number of rotatable bonds is 9. The van der Waals surface area contributed by atoms with E-state index in [4.69, 9.17) is 19.4 Å². The number of hydrogen-bond acceptors (Lipinski definition) is 11. The zero-order valence-corrected chi connectivity index (χ0v) is 31.4. The molecular weight excluding hydrogens is 707 g/mol. The molecule has 2 saturated carbocycles. The number of amides is 4. The largest absolute Gasteiger partial charge is 0.497 e. The third-order valence-corrected chi connectivity index (χ3v) is 12.6. The van der Waals surface area contributed by atoms with Crippen molar-refractivity contribution in [2.45, 2.75) is 87.8 Å². The fourth-order valence-corrected chi connectivity index (χ4v) is 9.13. The Bertz CT molecular complexity index is 2010. The van der Waals surface area contributed by atoms with Crippen LogP contribution in [0, 0.1) is 5.92 Å². The highest BCUT2D eigenvalue weighted by Gasteiger charge is 2.62. The Kier molecular flexibility index (Phi) is 9.80. The summed E-state index contributed by atoms with van der Waals surface area (Å²) in [4.78, 5) is 54.4. The molecular formula is C36H45N7O7S2. The topological polar surface area (TPSA) is 172 Å². The number of methoxy groups -OCH3 is 1. The van der Waals surface area contributed by atoms with E-state index < -0.39 is 44.8 Å². The Morgan fingerprint density at radius 3 is 2.69 bits per heavy atom. The fraction of sp³-hybridized carbons (Fsp3) is 0.528. The van der Waals surface area contributed by atoms with Crippen molar-refractivity contribution < 1.29 is 32.3 Å². The quantitative estimate of drug-likeness (QED) is 0.268. The summed E-state index contributed by atoms with van der Waals surface area (Å²) in [6, 6.07) is 6.41. The number of hydrogen-bond donors (Lipinski definition) is 3. The van der Waals surface area contributed by atoms with E-state index in [0.717, 1.165) is 35.2 Å². The predicted molar refractivity (Wildman–Crippen MR) is 198 cm³/mol. The zero-order valence-electron chi connectivity index (χ0n) is 29.8. The van der Waals surface area contributed by atoms with Crippen molar-refractivity contribution in [1.82, 2.24) is 29.8 Å². The molecule has 4 heterocycles. The highest BCUT2D eigenvalue weighted by atomic mass is 32.2. The molecule has 3 N–H and O–H groups in total. The number of nitrogens with one attached hydrogen (secondary N) is 3. The third kappa shape index (κ3) is 7.40. The molecule has 0 spiro atoms. The Hall–Kier alpha value is -4.44. The number of allylic oxidation sites excluding steroid dienone is 1. The van der Waals surface area contributed by atoms with Crippen molar-refractivity contribution in [3.8, 4) is 23.0 Å². The zero-order chi connectivity index (χ0) is 36.8. The average Bonchev–Trinajstić information content (AvgIpc) is 3.99. The summed E-state index contributed by atoms with van der Waals surface area (Å²) in [6.45, 7) is 4.69. The number of carbonyl (C=O) groups excluding carboxylic acids is 3. The van der Waals surface area contributed by atoms with Crippen molar-refractivity contribution in [2.24, 2.45) is 5.92 Å². The maximum atomic E-state index is 14.2. The fourth-order valence-electron chi connectivity index (χ4n) is 6.91. The predicted octanol–water partition coefficient (Wildman–Crippen LogP) is 4.28. The Morgan fingerprint density at radius 2 is 1.94 bits per heavy atom. The van der Waals surface area contributed by atoms with Crippen LogP contribution in [0.25, 0.3) is 22.2 Å². The molecule has 3 aromatic rings. The van der Waals surface area contributed by atoms with Crippen molar-refractivity contribution in [3.63, 3.8) is 0 Å². The van der Waals surface area contributed by atoms with Gasteiger partial charge in [0.2, 0.25) is 21.8 Å². The second kappa shape index (κ2) is 14.2. The first kappa shape index (κ1) is 35.9. The molecule has 7 rings (SSSR count). The average molecular weight is 752 g/mol. The molecule has 278 valence electrons. The van der Waals surface area contributed by atoms with E-state index >= 15 is 0 Å². The highest BCUT2D eigenvalue weighted by molar-refractivity contribution is 7.91. The number of aromatic nitrogens is 2. The minimum absolute atomic E-state index is 0.0998. The van der Waals surface area contributed by atoms with Crippen molar-refractivity contribution in [2.75, 3.05) is 32.6 Å². The van der Waals surface area contributed by atoms with Gasteiger partial charge >= 0.3 is 6.03 Å². The summed E-state index contributed by atoms with van der Waals surface area (Å²) >= 11 is 1.48. The van der Waals surface area contributed by atoms with Crippen molar-refractivity contribution in [1.29, 1.82) is 0 Å². The lowest BCUT2D eigenvalue weighted by molar-refractivity contribution is -0.131. The molecule has 0 radical (unpaired) electrons. The Balaban J connectivity index is 1.19. The molecule has 4 aliphatic rings. The molecule has 3 fully saturated rings. The molecule has 2 aliphatic carbocycles. The van der Waals surface area contributed by atoms with Crippen LogP contribution < -0.4 is 24.8 Å². The molecule has 52 heavy (non-hydrogen) atoms. The molecule has 0 unspecified atom stereocenters. The van der Waals surface area contributed by atoms with Gasteiger partial charge in [0.1, 0.15) is 29.1 Å². The molecule has 16 heteroatoms. The number of sulfonamides is 1. The van der Waals surface area contributed by atoms with E-state index in [-0.39, 0.29) is 37.4 Å². The van der Waals surface area contributed by atoms with E-state index in [2.05, 4.69) is 15.4 Å². The lowest BCUT2D eigenvalue weighted by Gasteiger charge is -2.30. The first-order valence-electron chi connectivity index (χ1n) is 17.8. The van der Waals surface area contributed by atoms with Crippen LogP contribution in [0.2, 0.25) is 0 Å². The Labute approximate surface area is 307 Å². The van der Waals surface area contributed by atoms with Crippen LogP contribution in [0.5, 0.6) is 11.6 Å². The van der Waals surface area contributed by atoms with Crippen LogP contribution >= 0.6 is 11.3 Å². The summed E-state index contributed by atoms with van der Waals surface area (Å²) < 4.78 is 39.9. The van der Waals surface area contributed by atoms with Crippen molar-refractivity contribution in [3.05, 3.63) is 41.8 Å². The van der Waals surface area contributed by atoms with Gasteiger partial charge in [0.05, 0.1) is 24.6 Å². The number of anilines is 1. The molecule has 4 amide bonds. The minimum Gasteiger partial charge on any atom is -0.497 e. The van der Waals surface area contributed by atoms with Gasteiger partial charge in [0.15, 0.2) is 5.13 Å². The summed E-state index contributed by atoms with van der Waals surface area (Å²) in [5.74, 6) is -0.664. The van der Waals surface area contributed by atoms with Crippen LogP contribution in [-0.2, 0) is 19.6 Å². The van der Waals surface area contributed by atoms with E-state index in [1.807, 2.05) is 55.6 Å². The second-order valence-electron chi connectivity index (χ2n) is 14.5. The Morgan fingerprint density at radius 1 is 1.13 bits per heavy atom. The molecule has 0 bridgehead atoms. The molecule has 1 aromatic carbocycles. The van der Waals surface area contributed by atoms with Gasteiger partial charge in [-0.1, -0.05) is 12.2 Å². The van der Waals surface area contributed by atoms with Crippen molar-refractivity contribution >= 4 is 55.1 Å². The summed E-state index contributed by atoms with van der Waals surface area (Å²) in [5.41, 5.74) is -0.167. The SMILES string of the molecule is COc1ccc2c(O[C@@H]3C[C@H]4C(=O)N[C@]5(C(=O)NS(=O)(=O)C6CC6)C[C@H]5/C=C\CCCCN(C)C(=O)N4C3)nc(-c3csc(NC(C)C)n3)cc2c1. The van der Waals surface area contributed by atoms with Gasteiger partial charge in [-0.15, -0.1) is 11.3 Å². The number of ether oxygens (including phenoxy) is 2. The van der Waals surface area contributed by atoms with E-state index in [9.17, 15) is 22.8 Å². The summed E-state index contributed by atoms with van der Waals surface area (Å²) in [6.07, 6.45) is 6.94. The normalized spacial score (nSPS) is 25.9. The van der Waals surface area contributed by atoms with Crippen LogP contribution in [-0.4, -0.2) is 102 Å². The first-order valence-corrected chi connectivity index (χ1v) is 20.2. The van der Waals surface area contributed by atoms with Crippen LogP contribution in [0.15, 0.2) is 41.8 Å². The molecule has 1 saturated heterocycles. The number of carbonyl (C=O) groups is 3. The number of thiazole rings is 1. The number of benzene rings is 1. The minimum atomic E-state index is -3.84. The lowest BCUT2D eigenvalue weighted by Crippen LogP contribution is -2.57. The number of nitrogens with zero attached hydrogens (tertiary/aromatic N) is 4. The number of pyridine rings is 1. The maximum absolute atomic E-state index is 14.2. The maximum Gasteiger partial charge on any atom is 0.320 e. The number of fused-ring (bicyclic) bond motifs is 3. The highest BCUT2D eigenvalue weighted by Crippen LogP contribution is 2.46. The second-order valence-corrected chi connectivity index (χ2v) is 17.3. The summed E-state index contributed by atoms with van der Waals surface area (Å²) in [5, 5.41) is 9.87. The molecule has 2 aliphatic heterocycles. The van der Waals surface area contributed by atoms with Gasteiger partial charge < -0.3 is 29.9 Å². The lowest BCUT2D eigenvalue weighted by atomic mass is 10.1. The third-order valence-electron chi connectivity index (χ3n) is 10.0. The standard InChI is InChI=1S/C36H45N7O7S2/c1-21(2)37-34-39-29(20-51-34)28-16-22-15-24(49-4)10-13-27(22)32(38-28)50-25-17-30-31(44)40-36(33(45)41-52(47,48)26-11-12-26)18-23(36)9-7-5-6-8-14-42(3)35(46)43(30)19-25/h7,9-10,13,15-16,20-21,23,25-26,30H,5-6,8,11-12,14,17-19H2,1-4H3,(H,37,39)(H,40,44)(H,41,45)/b9-7-/t23-,25-,30+,36-/m1/s1. The van der Waals surface area contributed by atoms with Crippen LogP contribution in [0.4, 0.5) is 9.93 Å². The van der Waals surface area contributed by atoms with Gasteiger partial charge in [-0.2, -0.15) is 0 Å².